The van der Waals surface area contributed by atoms with Crippen LogP contribution in [-0.2, 0) is 11.2 Å². The van der Waals surface area contributed by atoms with Gasteiger partial charge in [0, 0.05) is 11.1 Å². The fourth-order valence-corrected chi connectivity index (χ4v) is 4.02. The fourth-order valence-electron chi connectivity index (χ4n) is 4.02. The topological polar surface area (TPSA) is 118 Å². The zero-order valence-corrected chi connectivity index (χ0v) is 21.1. The quantitative estimate of drug-likeness (QED) is 0.324. The van der Waals surface area contributed by atoms with E-state index in [0.717, 1.165) is 11.1 Å². The molecule has 0 bridgehead atoms. The van der Waals surface area contributed by atoms with Gasteiger partial charge in [-0.25, -0.2) is 0 Å². The zero-order chi connectivity index (χ0) is 26.4. The lowest BCUT2D eigenvalue weighted by Crippen LogP contribution is -2.37. The second kappa shape index (κ2) is 11.5. The van der Waals surface area contributed by atoms with Gasteiger partial charge in [0.05, 0.1) is 46.4 Å². The number of hydrogen-bond acceptors (Lipinski definition) is 8. The third-order valence-corrected chi connectivity index (χ3v) is 5.90. The Morgan fingerprint density at radius 2 is 1.57 bits per heavy atom. The number of carbonyl (C=O) groups is 1. The Hall–Kier alpha value is -4.50. The average molecular weight is 504 g/mol. The Morgan fingerprint density at radius 1 is 0.892 bits per heavy atom. The smallest absolute Gasteiger partial charge is 0.241 e. The second-order valence-corrected chi connectivity index (χ2v) is 8.18. The van der Waals surface area contributed by atoms with E-state index in [9.17, 15) is 4.79 Å². The van der Waals surface area contributed by atoms with E-state index >= 15 is 0 Å². The van der Waals surface area contributed by atoms with Crippen molar-refractivity contribution in [2.24, 2.45) is 5.73 Å². The van der Waals surface area contributed by atoms with Gasteiger partial charge in [-0.15, -0.1) is 0 Å². The SMILES string of the molecule is COc1ccc(-c2cnoc2-c2cc(OC)c(OC)c(OC)c2)cc1NC(=O)C(N)Cc1ccccc1. The number of methoxy groups -OCH3 is 4. The number of carbonyl (C=O) groups excluding carboxylic acids is 1. The molecule has 4 aromatic rings. The molecule has 3 aromatic carbocycles. The van der Waals surface area contributed by atoms with Gasteiger partial charge >= 0.3 is 0 Å². The first kappa shape index (κ1) is 25.6. The number of aromatic nitrogens is 1. The molecule has 1 aromatic heterocycles. The molecule has 0 aliphatic heterocycles. The maximum atomic E-state index is 12.9. The number of amides is 1. The van der Waals surface area contributed by atoms with E-state index in [1.807, 2.05) is 36.4 Å². The van der Waals surface area contributed by atoms with Crippen LogP contribution < -0.4 is 30.0 Å². The van der Waals surface area contributed by atoms with Gasteiger partial charge in [-0.05, 0) is 41.8 Å². The van der Waals surface area contributed by atoms with Crippen LogP contribution in [0, 0.1) is 0 Å². The Morgan fingerprint density at radius 3 is 2.19 bits per heavy atom. The first-order chi connectivity index (χ1) is 18.0. The van der Waals surface area contributed by atoms with Crippen LogP contribution in [0.1, 0.15) is 5.56 Å². The van der Waals surface area contributed by atoms with Crippen molar-refractivity contribution in [2.45, 2.75) is 12.5 Å². The number of benzene rings is 3. The molecular weight excluding hydrogens is 474 g/mol. The molecule has 0 saturated heterocycles. The van der Waals surface area contributed by atoms with E-state index in [2.05, 4.69) is 10.5 Å². The van der Waals surface area contributed by atoms with Crippen molar-refractivity contribution >= 4 is 11.6 Å². The standard InChI is InChI=1S/C28H29N3O6/c1-33-23-11-10-18(13-22(23)31-28(32)21(29)12-17-8-6-5-7-9-17)20-16-30-37-26(20)19-14-24(34-2)27(36-4)25(15-19)35-3/h5-11,13-16,21H,12,29H2,1-4H3,(H,31,32). The van der Waals surface area contributed by atoms with Crippen molar-refractivity contribution in [2.75, 3.05) is 33.8 Å². The summed E-state index contributed by atoms with van der Waals surface area (Å²) in [5.74, 6) is 2.09. The van der Waals surface area contributed by atoms with Crippen LogP contribution in [0.4, 0.5) is 5.69 Å². The Bertz CT molecular complexity index is 1340. The summed E-state index contributed by atoms with van der Waals surface area (Å²) in [5.41, 5.74) is 9.76. The van der Waals surface area contributed by atoms with E-state index in [-0.39, 0.29) is 5.91 Å². The summed E-state index contributed by atoms with van der Waals surface area (Å²) in [6, 6.07) is 17.8. The van der Waals surface area contributed by atoms with Crippen molar-refractivity contribution in [3.05, 3.63) is 72.4 Å². The molecule has 9 nitrogen and oxygen atoms in total. The van der Waals surface area contributed by atoms with Crippen LogP contribution in [0.3, 0.4) is 0 Å². The van der Waals surface area contributed by atoms with Gasteiger partial charge in [0.25, 0.3) is 0 Å². The Labute approximate surface area is 215 Å². The molecule has 0 fully saturated rings. The number of rotatable bonds is 10. The lowest BCUT2D eigenvalue weighted by molar-refractivity contribution is -0.117. The highest BCUT2D eigenvalue weighted by atomic mass is 16.5. The first-order valence-corrected chi connectivity index (χ1v) is 11.5. The molecule has 0 spiro atoms. The highest BCUT2D eigenvalue weighted by Gasteiger charge is 2.21. The van der Waals surface area contributed by atoms with Gasteiger partial charge in [0.1, 0.15) is 5.75 Å². The van der Waals surface area contributed by atoms with Crippen molar-refractivity contribution in [1.29, 1.82) is 0 Å². The van der Waals surface area contributed by atoms with Gasteiger partial charge in [-0.1, -0.05) is 41.6 Å². The van der Waals surface area contributed by atoms with Gasteiger partial charge < -0.3 is 34.5 Å². The molecule has 0 aliphatic rings. The van der Waals surface area contributed by atoms with Crippen molar-refractivity contribution in [3.63, 3.8) is 0 Å². The number of hydrogen-bond donors (Lipinski definition) is 2. The van der Waals surface area contributed by atoms with E-state index < -0.39 is 6.04 Å². The van der Waals surface area contributed by atoms with E-state index in [4.69, 9.17) is 29.2 Å². The van der Waals surface area contributed by atoms with Crippen LogP contribution in [0.15, 0.2) is 71.4 Å². The maximum Gasteiger partial charge on any atom is 0.241 e. The minimum absolute atomic E-state index is 0.325. The molecular formula is C28H29N3O6. The van der Waals surface area contributed by atoms with Gasteiger partial charge in [-0.2, -0.15) is 0 Å². The number of nitrogens with two attached hydrogens (primary N) is 1. The molecule has 4 rings (SSSR count). The van der Waals surface area contributed by atoms with Crippen molar-refractivity contribution < 1.29 is 28.3 Å². The summed E-state index contributed by atoms with van der Waals surface area (Å²) < 4.78 is 27.5. The normalized spacial score (nSPS) is 11.5. The predicted octanol–water partition coefficient (Wildman–Crippen LogP) is 4.55. The third-order valence-electron chi connectivity index (χ3n) is 5.90. The molecule has 3 N–H and O–H groups in total. The lowest BCUT2D eigenvalue weighted by Gasteiger charge is -2.16. The molecule has 1 atom stereocenters. The number of anilines is 1. The van der Waals surface area contributed by atoms with Crippen molar-refractivity contribution in [1.82, 2.24) is 5.16 Å². The average Bonchev–Trinajstić information content (AvgIpc) is 3.42. The van der Waals surface area contributed by atoms with Crippen LogP contribution in [0.5, 0.6) is 23.0 Å². The molecule has 9 heteroatoms. The fraction of sp³-hybridized carbons (Fsp3) is 0.214. The Balaban J connectivity index is 1.66. The monoisotopic (exact) mass is 503 g/mol. The molecule has 1 amide bonds. The minimum Gasteiger partial charge on any atom is -0.495 e. The van der Waals surface area contributed by atoms with Crippen LogP contribution in [0.25, 0.3) is 22.5 Å². The summed E-state index contributed by atoms with van der Waals surface area (Å²) in [7, 11) is 6.17. The summed E-state index contributed by atoms with van der Waals surface area (Å²) in [4.78, 5) is 12.9. The number of ether oxygens (including phenoxy) is 4. The van der Waals surface area contributed by atoms with Crippen LogP contribution in [0.2, 0.25) is 0 Å². The van der Waals surface area contributed by atoms with E-state index in [1.54, 1.807) is 51.8 Å². The van der Waals surface area contributed by atoms with Gasteiger partial charge in [-0.3, -0.25) is 4.79 Å². The molecule has 37 heavy (non-hydrogen) atoms. The third kappa shape index (κ3) is 5.52. The summed E-state index contributed by atoms with van der Waals surface area (Å²) in [6.07, 6.45) is 2.01. The minimum atomic E-state index is -0.735. The Kier molecular flexibility index (Phi) is 7.95. The summed E-state index contributed by atoms with van der Waals surface area (Å²) in [5, 5.41) is 6.91. The summed E-state index contributed by atoms with van der Waals surface area (Å²) in [6.45, 7) is 0. The van der Waals surface area contributed by atoms with Gasteiger partial charge in [0.15, 0.2) is 17.3 Å². The zero-order valence-electron chi connectivity index (χ0n) is 21.1. The number of nitrogens with one attached hydrogen (secondary N) is 1. The lowest BCUT2D eigenvalue weighted by atomic mass is 10.0. The highest BCUT2D eigenvalue weighted by Crippen LogP contribution is 2.44. The molecule has 1 unspecified atom stereocenters. The molecule has 0 radical (unpaired) electrons. The second-order valence-electron chi connectivity index (χ2n) is 8.18. The molecule has 0 saturated carbocycles. The van der Waals surface area contributed by atoms with E-state index in [0.29, 0.717) is 52.0 Å². The van der Waals surface area contributed by atoms with Crippen LogP contribution in [-0.4, -0.2) is 45.5 Å². The summed E-state index contributed by atoms with van der Waals surface area (Å²) >= 11 is 0. The molecule has 0 aliphatic carbocycles. The largest absolute Gasteiger partial charge is 0.495 e. The van der Waals surface area contributed by atoms with Crippen LogP contribution >= 0.6 is 0 Å². The first-order valence-electron chi connectivity index (χ1n) is 11.5. The van der Waals surface area contributed by atoms with Gasteiger partial charge in [0.2, 0.25) is 11.7 Å². The van der Waals surface area contributed by atoms with E-state index in [1.165, 1.54) is 7.11 Å². The molecule has 192 valence electrons. The molecule has 1 heterocycles. The predicted molar refractivity (Wildman–Crippen MR) is 140 cm³/mol. The van der Waals surface area contributed by atoms with Crippen molar-refractivity contribution in [3.8, 4) is 45.4 Å². The maximum absolute atomic E-state index is 12.9. The number of nitrogens with zero attached hydrogens (tertiary/aromatic N) is 1. The highest BCUT2D eigenvalue weighted by molar-refractivity contribution is 5.97.